The van der Waals surface area contributed by atoms with Gasteiger partial charge in [-0.1, -0.05) is 36.2 Å². The van der Waals surface area contributed by atoms with Gasteiger partial charge in [-0.05, 0) is 58.8 Å². The summed E-state index contributed by atoms with van der Waals surface area (Å²) in [5, 5.41) is 3.81. The van der Waals surface area contributed by atoms with Gasteiger partial charge in [-0.3, -0.25) is 0 Å². The third-order valence-corrected chi connectivity index (χ3v) is 4.18. The molecule has 1 heterocycles. The highest BCUT2D eigenvalue weighted by Crippen LogP contribution is 2.25. The molecule has 1 aromatic rings. The second kappa shape index (κ2) is 6.53. The molecule has 1 fully saturated rings. The molecule has 1 N–H and O–H groups in total. The van der Waals surface area contributed by atoms with Crippen molar-refractivity contribution < 1.29 is 0 Å². The van der Waals surface area contributed by atoms with E-state index in [0.717, 1.165) is 6.54 Å². The van der Waals surface area contributed by atoms with Crippen molar-refractivity contribution in [1.82, 2.24) is 10.2 Å². The summed E-state index contributed by atoms with van der Waals surface area (Å²) in [4.78, 5) is 2.33. The van der Waals surface area contributed by atoms with Crippen LogP contribution in [0.15, 0.2) is 24.3 Å². The predicted octanol–water partition coefficient (Wildman–Crippen LogP) is 3.00. The molecular weight excluding hydrogens is 232 g/mol. The van der Waals surface area contributed by atoms with E-state index in [0.29, 0.717) is 5.54 Å². The standard InChI is InChI=1S/C17H28N2/c1-15-7-6-8-16(13-15)9-11-17(14-19(2)3)10-4-5-12-18-17/h6-8,13,18H,4-5,9-12,14H2,1-3H3. The van der Waals surface area contributed by atoms with Crippen molar-refractivity contribution in [1.29, 1.82) is 0 Å². The van der Waals surface area contributed by atoms with E-state index in [2.05, 4.69) is 55.5 Å². The van der Waals surface area contributed by atoms with E-state index in [-0.39, 0.29) is 0 Å². The zero-order valence-electron chi connectivity index (χ0n) is 12.7. The van der Waals surface area contributed by atoms with E-state index in [1.54, 1.807) is 0 Å². The van der Waals surface area contributed by atoms with Gasteiger partial charge in [0.15, 0.2) is 0 Å². The molecule has 1 saturated heterocycles. The Labute approximate surface area is 118 Å². The first-order valence-corrected chi connectivity index (χ1v) is 7.55. The second-order valence-corrected chi connectivity index (χ2v) is 6.39. The lowest BCUT2D eigenvalue weighted by molar-refractivity contribution is 0.178. The van der Waals surface area contributed by atoms with E-state index in [9.17, 15) is 0 Å². The Morgan fingerprint density at radius 3 is 2.74 bits per heavy atom. The summed E-state index contributed by atoms with van der Waals surface area (Å²) in [5.74, 6) is 0. The fourth-order valence-electron chi connectivity index (χ4n) is 3.31. The minimum Gasteiger partial charge on any atom is -0.310 e. The molecule has 0 aliphatic carbocycles. The molecule has 1 aromatic carbocycles. The molecule has 2 heteroatoms. The van der Waals surface area contributed by atoms with Crippen molar-refractivity contribution in [3.05, 3.63) is 35.4 Å². The summed E-state index contributed by atoms with van der Waals surface area (Å²) in [5.41, 5.74) is 3.17. The highest BCUT2D eigenvalue weighted by atomic mass is 15.1. The molecule has 0 bridgehead atoms. The molecular formula is C17H28N2. The molecule has 0 aromatic heterocycles. The van der Waals surface area contributed by atoms with Crippen LogP contribution in [0.25, 0.3) is 0 Å². The Balaban J connectivity index is 1.99. The molecule has 1 aliphatic rings. The van der Waals surface area contributed by atoms with Gasteiger partial charge in [0.25, 0.3) is 0 Å². The first kappa shape index (κ1) is 14.5. The summed E-state index contributed by atoms with van der Waals surface area (Å²) in [6, 6.07) is 8.95. The molecule has 106 valence electrons. The Hall–Kier alpha value is -0.860. The van der Waals surface area contributed by atoms with Crippen LogP contribution >= 0.6 is 0 Å². The number of piperidine rings is 1. The average molecular weight is 260 g/mol. The van der Waals surface area contributed by atoms with Crippen molar-refractivity contribution in [2.45, 2.75) is 44.6 Å². The molecule has 1 unspecified atom stereocenters. The van der Waals surface area contributed by atoms with E-state index < -0.39 is 0 Å². The number of hydrogen-bond donors (Lipinski definition) is 1. The number of benzene rings is 1. The van der Waals surface area contributed by atoms with Crippen LogP contribution in [0.2, 0.25) is 0 Å². The van der Waals surface area contributed by atoms with Crippen molar-refractivity contribution in [3.63, 3.8) is 0 Å². The zero-order chi connectivity index (χ0) is 13.7. The Kier molecular flexibility index (Phi) is 5.00. The van der Waals surface area contributed by atoms with Crippen molar-refractivity contribution in [2.75, 3.05) is 27.2 Å². The smallest absolute Gasteiger partial charge is 0.0311 e. The van der Waals surface area contributed by atoms with Gasteiger partial charge >= 0.3 is 0 Å². The zero-order valence-corrected chi connectivity index (χ0v) is 12.7. The van der Waals surface area contributed by atoms with Gasteiger partial charge in [0.05, 0.1) is 0 Å². The summed E-state index contributed by atoms with van der Waals surface area (Å²) in [7, 11) is 4.37. The van der Waals surface area contributed by atoms with E-state index in [1.165, 1.54) is 49.8 Å². The number of nitrogens with one attached hydrogen (secondary N) is 1. The first-order chi connectivity index (χ1) is 9.10. The van der Waals surface area contributed by atoms with E-state index in [4.69, 9.17) is 0 Å². The molecule has 1 aliphatic heterocycles. The number of rotatable bonds is 5. The maximum absolute atomic E-state index is 3.81. The Morgan fingerprint density at radius 1 is 1.26 bits per heavy atom. The Bertz CT molecular complexity index is 392. The van der Waals surface area contributed by atoms with Gasteiger partial charge < -0.3 is 10.2 Å². The van der Waals surface area contributed by atoms with Gasteiger partial charge in [0, 0.05) is 12.1 Å². The van der Waals surface area contributed by atoms with E-state index >= 15 is 0 Å². The molecule has 19 heavy (non-hydrogen) atoms. The van der Waals surface area contributed by atoms with Crippen LogP contribution in [0.4, 0.5) is 0 Å². The summed E-state index contributed by atoms with van der Waals surface area (Å²) >= 11 is 0. The van der Waals surface area contributed by atoms with Gasteiger partial charge in [-0.15, -0.1) is 0 Å². The monoisotopic (exact) mass is 260 g/mol. The lowest BCUT2D eigenvalue weighted by Gasteiger charge is -2.40. The largest absolute Gasteiger partial charge is 0.310 e. The highest BCUT2D eigenvalue weighted by Gasteiger charge is 2.31. The summed E-state index contributed by atoms with van der Waals surface area (Å²) in [6.45, 7) is 4.51. The van der Waals surface area contributed by atoms with Crippen molar-refractivity contribution in [2.24, 2.45) is 0 Å². The van der Waals surface area contributed by atoms with Crippen molar-refractivity contribution in [3.8, 4) is 0 Å². The minimum absolute atomic E-state index is 0.325. The van der Waals surface area contributed by atoms with Gasteiger partial charge in [-0.2, -0.15) is 0 Å². The molecule has 2 rings (SSSR count). The maximum Gasteiger partial charge on any atom is 0.0311 e. The molecule has 0 spiro atoms. The number of likely N-dealkylation sites (N-methyl/N-ethyl adjacent to an activating group) is 1. The topological polar surface area (TPSA) is 15.3 Å². The fraction of sp³-hybridized carbons (Fsp3) is 0.647. The summed E-state index contributed by atoms with van der Waals surface area (Å²) < 4.78 is 0. The lowest BCUT2D eigenvalue weighted by atomic mass is 9.83. The normalized spacial score (nSPS) is 23.8. The number of hydrogen-bond acceptors (Lipinski definition) is 2. The number of aryl methyl sites for hydroxylation is 2. The molecule has 0 radical (unpaired) electrons. The van der Waals surface area contributed by atoms with Gasteiger partial charge in [0.2, 0.25) is 0 Å². The average Bonchev–Trinajstić information content (AvgIpc) is 2.37. The van der Waals surface area contributed by atoms with Crippen LogP contribution < -0.4 is 5.32 Å². The molecule has 0 amide bonds. The van der Waals surface area contributed by atoms with Gasteiger partial charge in [-0.25, -0.2) is 0 Å². The van der Waals surface area contributed by atoms with Crippen LogP contribution in [0.5, 0.6) is 0 Å². The second-order valence-electron chi connectivity index (χ2n) is 6.39. The van der Waals surface area contributed by atoms with E-state index in [1.807, 2.05) is 0 Å². The third-order valence-electron chi connectivity index (χ3n) is 4.18. The molecule has 1 atom stereocenters. The minimum atomic E-state index is 0.325. The van der Waals surface area contributed by atoms with Crippen LogP contribution in [0.1, 0.15) is 36.8 Å². The van der Waals surface area contributed by atoms with Crippen LogP contribution in [-0.2, 0) is 6.42 Å². The Morgan fingerprint density at radius 2 is 2.11 bits per heavy atom. The SMILES string of the molecule is Cc1cccc(CCC2(CN(C)C)CCCCN2)c1. The fourth-order valence-corrected chi connectivity index (χ4v) is 3.31. The highest BCUT2D eigenvalue weighted by molar-refractivity contribution is 5.22. The van der Waals surface area contributed by atoms with Crippen LogP contribution in [0.3, 0.4) is 0 Å². The van der Waals surface area contributed by atoms with Gasteiger partial charge in [0.1, 0.15) is 0 Å². The first-order valence-electron chi connectivity index (χ1n) is 7.55. The summed E-state index contributed by atoms with van der Waals surface area (Å²) in [6.07, 6.45) is 6.45. The van der Waals surface area contributed by atoms with Crippen LogP contribution in [-0.4, -0.2) is 37.6 Å². The maximum atomic E-state index is 3.81. The molecule has 0 saturated carbocycles. The van der Waals surface area contributed by atoms with Crippen molar-refractivity contribution >= 4 is 0 Å². The van der Waals surface area contributed by atoms with Crippen LogP contribution in [0, 0.1) is 6.92 Å². The quantitative estimate of drug-likeness (QED) is 0.875. The predicted molar refractivity (Wildman–Crippen MR) is 82.6 cm³/mol. The molecule has 2 nitrogen and oxygen atoms in total. The third kappa shape index (κ3) is 4.32. The lowest BCUT2D eigenvalue weighted by Crippen LogP contribution is -2.54. The number of nitrogens with zero attached hydrogens (tertiary/aromatic N) is 1.